The molecule has 0 amide bonds. The van der Waals surface area contributed by atoms with Gasteiger partial charge in [-0.1, -0.05) is 31.4 Å². The molecule has 6 heteroatoms. The maximum atomic E-state index is 12.9. The number of nitrogens with zero attached hydrogens (tertiary/aromatic N) is 2. The molecule has 1 aliphatic carbocycles. The molecule has 1 N–H and O–H groups in total. The van der Waals surface area contributed by atoms with Crippen molar-refractivity contribution in [2.45, 2.75) is 58.2 Å². The summed E-state index contributed by atoms with van der Waals surface area (Å²) >= 11 is 0. The SMILES string of the molecule is Cc1cc(C)n2c(NC3CCCCC3)c(-c3ccc(C(F)(F)F)cc3)nc2c1. The number of fused-ring (bicyclic) bond motifs is 1. The second-order valence-corrected chi connectivity index (χ2v) is 7.73. The molecule has 2 aromatic heterocycles. The van der Waals surface area contributed by atoms with Crippen molar-refractivity contribution in [3.8, 4) is 11.3 Å². The molecule has 0 radical (unpaired) electrons. The van der Waals surface area contributed by atoms with E-state index in [1.54, 1.807) is 0 Å². The lowest BCUT2D eigenvalue weighted by atomic mass is 9.95. The molecule has 0 atom stereocenters. The van der Waals surface area contributed by atoms with Crippen molar-refractivity contribution in [3.63, 3.8) is 0 Å². The van der Waals surface area contributed by atoms with Crippen LogP contribution in [0.1, 0.15) is 48.9 Å². The highest BCUT2D eigenvalue weighted by atomic mass is 19.4. The molecule has 0 saturated heterocycles. The van der Waals surface area contributed by atoms with Crippen LogP contribution in [-0.4, -0.2) is 15.4 Å². The minimum Gasteiger partial charge on any atom is -0.367 e. The van der Waals surface area contributed by atoms with Gasteiger partial charge < -0.3 is 5.32 Å². The first-order valence-corrected chi connectivity index (χ1v) is 9.77. The van der Waals surface area contributed by atoms with Crippen molar-refractivity contribution in [1.82, 2.24) is 9.38 Å². The van der Waals surface area contributed by atoms with Gasteiger partial charge in [-0.3, -0.25) is 4.40 Å². The van der Waals surface area contributed by atoms with Crippen molar-refractivity contribution >= 4 is 11.5 Å². The lowest BCUT2D eigenvalue weighted by molar-refractivity contribution is -0.137. The molecule has 0 unspecified atom stereocenters. The summed E-state index contributed by atoms with van der Waals surface area (Å²) < 4.78 is 40.9. The van der Waals surface area contributed by atoms with Gasteiger partial charge in [-0.2, -0.15) is 13.2 Å². The van der Waals surface area contributed by atoms with E-state index in [0.717, 1.165) is 47.7 Å². The van der Waals surface area contributed by atoms with E-state index in [1.807, 2.05) is 19.9 Å². The number of alkyl halides is 3. The Hall–Kier alpha value is -2.50. The Morgan fingerprint density at radius 3 is 2.32 bits per heavy atom. The molecule has 1 aliphatic rings. The van der Waals surface area contributed by atoms with Crippen LogP contribution in [0.15, 0.2) is 36.4 Å². The van der Waals surface area contributed by atoms with Gasteiger partial charge in [-0.05, 0) is 56.5 Å². The van der Waals surface area contributed by atoms with Crippen molar-refractivity contribution in [2.75, 3.05) is 5.32 Å². The first-order chi connectivity index (χ1) is 13.3. The van der Waals surface area contributed by atoms with E-state index >= 15 is 0 Å². The number of hydrogen-bond donors (Lipinski definition) is 1. The van der Waals surface area contributed by atoms with E-state index in [0.29, 0.717) is 17.3 Å². The van der Waals surface area contributed by atoms with Crippen LogP contribution in [0.25, 0.3) is 16.9 Å². The highest BCUT2D eigenvalue weighted by Crippen LogP contribution is 2.35. The molecule has 0 aliphatic heterocycles. The van der Waals surface area contributed by atoms with Gasteiger partial charge in [0.15, 0.2) is 0 Å². The van der Waals surface area contributed by atoms with Crippen LogP contribution in [0.4, 0.5) is 19.0 Å². The van der Waals surface area contributed by atoms with Gasteiger partial charge in [0.1, 0.15) is 17.2 Å². The molecule has 2 heterocycles. The van der Waals surface area contributed by atoms with E-state index < -0.39 is 11.7 Å². The summed E-state index contributed by atoms with van der Waals surface area (Å²) in [5.74, 6) is 0.874. The van der Waals surface area contributed by atoms with Gasteiger partial charge in [0.05, 0.1) is 5.56 Å². The van der Waals surface area contributed by atoms with Crippen LogP contribution < -0.4 is 5.32 Å². The van der Waals surface area contributed by atoms with E-state index in [9.17, 15) is 13.2 Å². The third-order valence-corrected chi connectivity index (χ3v) is 5.48. The van der Waals surface area contributed by atoms with Crippen molar-refractivity contribution in [2.24, 2.45) is 0 Å². The molecule has 148 valence electrons. The Kier molecular flexibility index (Phi) is 4.81. The Morgan fingerprint density at radius 1 is 1.00 bits per heavy atom. The van der Waals surface area contributed by atoms with Gasteiger partial charge in [-0.25, -0.2) is 4.98 Å². The lowest BCUT2D eigenvalue weighted by Gasteiger charge is -2.24. The van der Waals surface area contributed by atoms with Gasteiger partial charge in [0.2, 0.25) is 0 Å². The molecule has 0 bridgehead atoms. The number of aryl methyl sites for hydroxylation is 2. The van der Waals surface area contributed by atoms with Gasteiger partial charge in [-0.15, -0.1) is 0 Å². The van der Waals surface area contributed by atoms with Crippen molar-refractivity contribution < 1.29 is 13.2 Å². The standard InChI is InChI=1S/C22H24F3N3/c1-14-12-15(2)28-19(13-14)27-20(21(28)26-18-6-4-3-5-7-18)16-8-10-17(11-9-16)22(23,24)25/h8-13,18,26H,3-7H2,1-2H3. The highest BCUT2D eigenvalue weighted by Gasteiger charge is 2.30. The van der Waals surface area contributed by atoms with E-state index in [-0.39, 0.29) is 0 Å². The monoisotopic (exact) mass is 387 g/mol. The number of hydrogen-bond acceptors (Lipinski definition) is 2. The number of anilines is 1. The predicted octanol–water partition coefficient (Wildman–Crippen LogP) is 6.38. The number of benzene rings is 1. The van der Waals surface area contributed by atoms with Gasteiger partial charge >= 0.3 is 6.18 Å². The summed E-state index contributed by atoms with van der Waals surface area (Å²) in [5, 5.41) is 3.65. The van der Waals surface area contributed by atoms with Crippen LogP contribution >= 0.6 is 0 Å². The molecule has 4 rings (SSSR count). The minimum atomic E-state index is -4.34. The van der Waals surface area contributed by atoms with Crippen LogP contribution in [0, 0.1) is 13.8 Å². The third kappa shape index (κ3) is 3.60. The fraction of sp³-hybridized carbons (Fsp3) is 0.409. The Labute approximate surface area is 162 Å². The molecule has 1 aromatic carbocycles. The average Bonchev–Trinajstić information content (AvgIpc) is 3.00. The molecule has 28 heavy (non-hydrogen) atoms. The highest BCUT2D eigenvalue weighted by molar-refractivity contribution is 5.77. The van der Waals surface area contributed by atoms with E-state index in [4.69, 9.17) is 4.98 Å². The molecule has 1 fully saturated rings. The summed E-state index contributed by atoms with van der Waals surface area (Å²) in [7, 11) is 0. The summed E-state index contributed by atoms with van der Waals surface area (Å²) in [6.07, 6.45) is 1.52. The van der Waals surface area contributed by atoms with E-state index in [2.05, 4.69) is 15.8 Å². The smallest absolute Gasteiger partial charge is 0.367 e. The number of aromatic nitrogens is 2. The fourth-order valence-corrected chi connectivity index (χ4v) is 4.12. The normalized spacial score (nSPS) is 15.9. The Bertz CT molecular complexity index is 981. The van der Waals surface area contributed by atoms with Gasteiger partial charge in [0.25, 0.3) is 0 Å². The van der Waals surface area contributed by atoms with Crippen LogP contribution in [-0.2, 0) is 6.18 Å². The summed E-state index contributed by atoms with van der Waals surface area (Å²) in [4.78, 5) is 4.78. The maximum Gasteiger partial charge on any atom is 0.416 e. The number of nitrogens with one attached hydrogen (secondary N) is 1. The number of pyridine rings is 1. The molecule has 3 aromatic rings. The van der Waals surface area contributed by atoms with Crippen molar-refractivity contribution in [1.29, 1.82) is 0 Å². The number of rotatable bonds is 3. The van der Waals surface area contributed by atoms with Crippen LogP contribution in [0.3, 0.4) is 0 Å². The quantitative estimate of drug-likeness (QED) is 0.565. The Balaban J connectivity index is 1.82. The molecular weight excluding hydrogens is 363 g/mol. The second kappa shape index (κ2) is 7.15. The molecular formula is C22H24F3N3. The molecule has 1 saturated carbocycles. The predicted molar refractivity (Wildman–Crippen MR) is 106 cm³/mol. The number of imidazole rings is 1. The van der Waals surface area contributed by atoms with Crippen molar-refractivity contribution in [3.05, 3.63) is 53.2 Å². The fourth-order valence-electron chi connectivity index (χ4n) is 4.12. The summed E-state index contributed by atoms with van der Waals surface area (Å²) in [6, 6.07) is 9.74. The maximum absolute atomic E-state index is 12.9. The van der Waals surface area contributed by atoms with Gasteiger partial charge in [0, 0.05) is 17.3 Å². The molecule has 0 spiro atoms. The molecule has 3 nitrogen and oxygen atoms in total. The zero-order valence-electron chi connectivity index (χ0n) is 16.1. The lowest BCUT2D eigenvalue weighted by Crippen LogP contribution is -2.23. The van der Waals surface area contributed by atoms with Crippen LogP contribution in [0.2, 0.25) is 0 Å². The first kappa shape index (κ1) is 18.8. The average molecular weight is 387 g/mol. The third-order valence-electron chi connectivity index (χ3n) is 5.48. The second-order valence-electron chi connectivity index (χ2n) is 7.73. The van der Waals surface area contributed by atoms with Crippen LogP contribution in [0.5, 0.6) is 0 Å². The zero-order chi connectivity index (χ0) is 19.9. The largest absolute Gasteiger partial charge is 0.416 e. The Morgan fingerprint density at radius 2 is 1.68 bits per heavy atom. The summed E-state index contributed by atoms with van der Waals surface area (Å²) in [6.45, 7) is 4.05. The van der Waals surface area contributed by atoms with E-state index in [1.165, 1.54) is 31.4 Å². The number of halogens is 3. The zero-order valence-corrected chi connectivity index (χ0v) is 16.1. The minimum absolute atomic E-state index is 0.363. The first-order valence-electron chi connectivity index (χ1n) is 9.77. The summed E-state index contributed by atoms with van der Waals surface area (Å²) in [5.41, 5.74) is 3.72. The topological polar surface area (TPSA) is 29.3 Å².